The minimum atomic E-state index is -0.930. The lowest BCUT2D eigenvalue weighted by molar-refractivity contribution is 0.0267. The zero-order valence-electron chi connectivity index (χ0n) is 13.0. The third-order valence-electron chi connectivity index (χ3n) is 4.89. The van der Waals surface area contributed by atoms with Gasteiger partial charge < -0.3 is 10.0 Å². The van der Waals surface area contributed by atoms with Crippen molar-refractivity contribution in [2.45, 2.75) is 37.8 Å². The van der Waals surface area contributed by atoms with E-state index in [1.807, 2.05) is 12.1 Å². The molecule has 2 aliphatic rings. The van der Waals surface area contributed by atoms with Crippen molar-refractivity contribution >= 4 is 5.91 Å². The molecule has 1 N–H and O–H groups in total. The summed E-state index contributed by atoms with van der Waals surface area (Å²) in [5.41, 5.74) is 2.47. The molecule has 4 rings (SSSR count). The van der Waals surface area contributed by atoms with Crippen molar-refractivity contribution < 1.29 is 9.90 Å². The van der Waals surface area contributed by atoms with E-state index in [1.165, 1.54) is 17.5 Å². The third kappa shape index (κ3) is 2.74. The van der Waals surface area contributed by atoms with Crippen LogP contribution in [0.2, 0.25) is 0 Å². The topological polar surface area (TPSA) is 71.2 Å². The molecule has 1 aliphatic heterocycles. The van der Waals surface area contributed by atoms with Crippen molar-refractivity contribution in [1.82, 2.24) is 19.9 Å². The van der Waals surface area contributed by atoms with Crippen molar-refractivity contribution in [1.29, 1.82) is 0 Å². The van der Waals surface area contributed by atoms with Gasteiger partial charge in [-0.15, -0.1) is 5.10 Å². The van der Waals surface area contributed by atoms with Crippen molar-refractivity contribution in [2.24, 2.45) is 0 Å². The second-order valence-corrected chi connectivity index (χ2v) is 6.64. The number of benzene rings is 1. The summed E-state index contributed by atoms with van der Waals surface area (Å²) < 4.78 is 1.61. The number of aliphatic hydroxyl groups is 1. The second kappa shape index (κ2) is 5.45. The van der Waals surface area contributed by atoms with E-state index in [4.69, 9.17) is 0 Å². The molecule has 2 heterocycles. The molecule has 1 fully saturated rings. The lowest BCUT2D eigenvalue weighted by Crippen LogP contribution is -2.39. The standard InChI is InChI=1S/C17H20N4O2/c22-16(15-5-4-13-2-1-3-14(13)10-15)20-8-6-17(23,11-20)12-21-9-7-18-19-21/h4-5,7,9-10,23H,1-3,6,8,11-12H2. The monoisotopic (exact) mass is 312 g/mol. The van der Waals surface area contributed by atoms with E-state index in [0.29, 0.717) is 26.1 Å². The van der Waals surface area contributed by atoms with E-state index in [1.54, 1.807) is 22.0 Å². The van der Waals surface area contributed by atoms with E-state index in [0.717, 1.165) is 18.4 Å². The molecule has 0 saturated carbocycles. The molecule has 1 unspecified atom stereocenters. The maximum absolute atomic E-state index is 12.7. The molecule has 0 spiro atoms. The first kappa shape index (κ1) is 14.4. The number of hydrogen-bond acceptors (Lipinski definition) is 4. The summed E-state index contributed by atoms with van der Waals surface area (Å²) in [6.45, 7) is 1.27. The number of rotatable bonds is 3. The quantitative estimate of drug-likeness (QED) is 0.919. The fourth-order valence-corrected chi connectivity index (χ4v) is 3.66. The summed E-state index contributed by atoms with van der Waals surface area (Å²) in [7, 11) is 0. The van der Waals surface area contributed by atoms with Gasteiger partial charge in [0.25, 0.3) is 5.91 Å². The average molecular weight is 312 g/mol. The Bertz CT molecular complexity index is 728. The molecule has 1 saturated heterocycles. The SMILES string of the molecule is O=C(c1ccc2c(c1)CCC2)N1CCC(O)(Cn2ccnn2)C1. The number of carbonyl (C=O) groups is 1. The Morgan fingerprint density at radius 3 is 3.00 bits per heavy atom. The smallest absolute Gasteiger partial charge is 0.253 e. The number of likely N-dealkylation sites (tertiary alicyclic amines) is 1. The summed E-state index contributed by atoms with van der Waals surface area (Å²) >= 11 is 0. The average Bonchev–Trinajstić information content (AvgIpc) is 3.27. The van der Waals surface area contributed by atoms with Crippen molar-refractivity contribution in [2.75, 3.05) is 13.1 Å². The zero-order chi connectivity index (χ0) is 15.9. The number of amides is 1. The van der Waals surface area contributed by atoms with Crippen LogP contribution >= 0.6 is 0 Å². The van der Waals surface area contributed by atoms with Crippen LogP contribution in [-0.4, -0.2) is 49.6 Å². The lowest BCUT2D eigenvalue weighted by atomic mass is 10.0. The number of aryl methyl sites for hydroxylation is 2. The first-order valence-electron chi connectivity index (χ1n) is 8.11. The minimum Gasteiger partial charge on any atom is -0.386 e. The predicted molar refractivity (Wildman–Crippen MR) is 84.0 cm³/mol. The Labute approximate surface area is 134 Å². The highest BCUT2D eigenvalue weighted by atomic mass is 16.3. The molecule has 23 heavy (non-hydrogen) atoms. The Morgan fingerprint density at radius 2 is 2.17 bits per heavy atom. The molecule has 1 aromatic carbocycles. The lowest BCUT2D eigenvalue weighted by Gasteiger charge is -2.23. The summed E-state index contributed by atoms with van der Waals surface area (Å²) in [4.78, 5) is 14.5. The molecule has 0 bridgehead atoms. The summed E-state index contributed by atoms with van der Waals surface area (Å²) in [5.74, 6) is 0.00853. The van der Waals surface area contributed by atoms with Crippen LogP contribution in [0.1, 0.15) is 34.3 Å². The predicted octanol–water partition coefficient (Wildman–Crippen LogP) is 1.04. The summed E-state index contributed by atoms with van der Waals surface area (Å²) in [6.07, 6.45) is 7.23. The number of aromatic nitrogens is 3. The first-order valence-corrected chi connectivity index (χ1v) is 8.11. The molecule has 1 aliphatic carbocycles. The number of fused-ring (bicyclic) bond motifs is 1. The van der Waals surface area contributed by atoms with E-state index >= 15 is 0 Å². The molecule has 2 aromatic rings. The van der Waals surface area contributed by atoms with Gasteiger partial charge in [-0.05, 0) is 48.9 Å². The molecule has 1 aromatic heterocycles. The van der Waals surface area contributed by atoms with Gasteiger partial charge in [0.1, 0.15) is 5.60 Å². The highest BCUT2D eigenvalue weighted by Crippen LogP contribution is 2.27. The molecule has 1 amide bonds. The highest BCUT2D eigenvalue weighted by molar-refractivity contribution is 5.94. The first-order chi connectivity index (χ1) is 11.1. The van der Waals surface area contributed by atoms with Crippen LogP contribution in [0.3, 0.4) is 0 Å². The van der Waals surface area contributed by atoms with Crippen molar-refractivity contribution in [3.63, 3.8) is 0 Å². The molecule has 6 nitrogen and oxygen atoms in total. The number of β-amino-alcohol motifs (C(OH)–C–C–N with tert-alkyl or cyclic N) is 1. The summed E-state index contributed by atoms with van der Waals surface area (Å²) in [5, 5.41) is 18.3. The van der Waals surface area contributed by atoms with Crippen LogP contribution in [0.5, 0.6) is 0 Å². The van der Waals surface area contributed by atoms with E-state index < -0.39 is 5.60 Å². The highest BCUT2D eigenvalue weighted by Gasteiger charge is 2.39. The van der Waals surface area contributed by atoms with E-state index in [9.17, 15) is 9.90 Å². The Hall–Kier alpha value is -2.21. The third-order valence-corrected chi connectivity index (χ3v) is 4.89. The van der Waals surface area contributed by atoms with Crippen LogP contribution in [0.4, 0.5) is 0 Å². The Balaban J connectivity index is 1.47. The van der Waals surface area contributed by atoms with Crippen LogP contribution in [0, 0.1) is 0 Å². The van der Waals surface area contributed by atoms with Gasteiger partial charge in [-0.3, -0.25) is 4.79 Å². The molecular formula is C17H20N4O2. The van der Waals surface area contributed by atoms with Gasteiger partial charge in [-0.2, -0.15) is 0 Å². The fourth-order valence-electron chi connectivity index (χ4n) is 3.66. The minimum absolute atomic E-state index is 0.00853. The van der Waals surface area contributed by atoms with Crippen LogP contribution in [0.25, 0.3) is 0 Å². The van der Waals surface area contributed by atoms with Gasteiger partial charge in [-0.25, -0.2) is 4.68 Å². The fraction of sp³-hybridized carbons (Fsp3) is 0.471. The van der Waals surface area contributed by atoms with Crippen molar-refractivity contribution in [3.8, 4) is 0 Å². The number of nitrogens with zero attached hydrogens (tertiary/aromatic N) is 4. The second-order valence-electron chi connectivity index (χ2n) is 6.64. The van der Waals surface area contributed by atoms with Crippen LogP contribution in [-0.2, 0) is 19.4 Å². The molecule has 120 valence electrons. The molecule has 1 atom stereocenters. The maximum Gasteiger partial charge on any atom is 0.253 e. The largest absolute Gasteiger partial charge is 0.386 e. The molecular weight excluding hydrogens is 292 g/mol. The maximum atomic E-state index is 12.7. The van der Waals surface area contributed by atoms with Gasteiger partial charge in [0.2, 0.25) is 0 Å². The van der Waals surface area contributed by atoms with Gasteiger partial charge in [0, 0.05) is 18.3 Å². The number of hydrogen-bond donors (Lipinski definition) is 1. The Morgan fingerprint density at radius 1 is 1.30 bits per heavy atom. The number of carbonyl (C=O) groups excluding carboxylic acids is 1. The van der Waals surface area contributed by atoms with Gasteiger partial charge in [0.05, 0.1) is 19.3 Å². The van der Waals surface area contributed by atoms with Gasteiger partial charge >= 0.3 is 0 Å². The molecule has 0 radical (unpaired) electrons. The summed E-state index contributed by atoms with van der Waals surface area (Å²) in [6, 6.07) is 6.02. The molecule has 6 heteroatoms. The Kier molecular flexibility index (Phi) is 3.41. The van der Waals surface area contributed by atoms with Crippen LogP contribution in [0.15, 0.2) is 30.6 Å². The van der Waals surface area contributed by atoms with Gasteiger partial charge in [0.15, 0.2) is 0 Å². The van der Waals surface area contributed by atoms with E-state index in [2.05, 4.69) is 16.4 Å². The zero-order valence-corrected chi connectivity index (χ0v) is 13.0. The normalized spacial score (nSPS) is 23.3. The van der Waals surface area contributed by atoms with Gasteiger partial charge in [-0.1, -0.05) is 11.3 Å². The van der Waals surface area contributed by atoms with E-state index in [-0.39, 0.29) is 5.91 Å². The van der Waals surface area contributed by atoms with Crippen molar-refractivity contribution in [3.05, 3.63) is 47.3 Å². The van der Waals surface area contributed by atoms with Crippen LogP contribution < -0.4 is 0 Å².